The van der Waals surface area contributed by atoms with Gasteiger partial charge in [-0.2, -0.15) is 0 Å². The lowest BCUT2D eigenvalue weighted by Crippen LogP contribution is -1.93. The summed E-state index contributed by atoms with van der Waals surface area (Å²) >= 11 is 0. The molecule has 0 N–H and O–H groups in total. The molecule has 0 fully saturated rings. The Morgan fingerprint density at radius 1 is 1.50 bits per heavy atom. The largest absolute Gasteiger partial charge is 0.261 e. The van der Waals surface area contributed by atoms with E-state index in [0.29, 0.717) is 5.92 Å². The molecule has 0 unspecified atom stereocenters. The van der Waals surface area contributed by atoms with Gasteiger partial charge in [0.25, 0.3) is 0 Å². The molecule has 0 aliphatic heterocycles. The number of rotatable bonds is 4. The Bertz CT molecular complexity index is 197. The third-order valence-electron chi connectivity index (χ3n) is 1.83. The molecule has 1 heteroatoms. The molecule has 0 radical (unpaired) electrons. The molecule has 0 saturated carbocycles. The Kier molecular flexibility index (Phi) is 5.35. The molecule has 0 heterocycles. The maximum atomic E-state index is 4.32. The van der Waals surface area contributed by atoms with E-state index in [1.807, 2.05) is 19.2 Å². The molecule has 0 aromatic heterocycles. The van der Waals surface area contributed by atoms with Crippen molar-refractivity contribution in [2.45, 2.75) is 34.1 Å². The minimum atomic E-state index is 0.490. The summed E-state index contributed by atoms with van der Waals surface area (Å²) in [7, 11) is 0. The molecule has 0 rings (SSSR count). The van der Waals surface area contributed by atoms with E-state index in [9.17, 15) is 0 Å². The summed E-state index contributed by atoms with van der Waals surface area (Å²) in [6, 6.07) is 0. The number of allylic oxidation sites excluding steroid dienone is 3. The van der Waals surface area contributed by atoms with Crippen LogP contribution in [0.25, 0.3) is 0 Å². The topological polar surface area (TPSA) is 12.4 Å². The van der Waals surface area contributed by atoms with E-state index in [-0.39, 0.29) is 0 Å². The first-order valence-electron chi connectivity index (χ1n) is 4.49. The van der Waals surface area contributed by atoms with Gasteiger partial charge >= 0.3 is 0 Å². The van der Waals surface area contributed by atoms with Crippen LogP contribution in [0, 0.1) is 5.92 Å². The summed E-state index contributed by atoms with van der Waals surface area (Å²) in [5.41, 5.74) is 2.21. The lowest BCUT2D eigenvalue weighted by Gasteiger charge is -2.02. The molecule has 1 nitrogen and oxygen atoms in total. The quantitative estimate of drug-likeness (QED) is 0.564. The number of aliphatic imine (C=N–C) groups is 1. The third-order valence-corrected chi connectivity index (χ3v) is 1.83. The molecular formula is C11H19N. The van der Waals surface area contributed by atoms with Crippen molar-refractivity contribution in [2.75, 3.05) is 0 Å². The Balaban J connectivity index is 4.15. The van der Waals surface area contributed by atoms with E-state index < -0.39 is 0 Å². The van der Waals surface area contributed by atoms with Crippen molar-refractivity contribution in [2.24, 2.45) is 10.9 Å². The second kappa shape index (κ2) is 5.76. The molecule has 0 spiro atoms. The fourth-order valence-corrected chi connectivity index (χ4v) is 0.685. The second-order valence-corrected chi connectivity index (χ2v) is 3.12. The van der Waals surface area contributed by atoms with Gasteiger partial charge in [-0.3, -0.25) is 4.99 Å². The number of nitrogens with zero attached hydrogens (tertiary/aromatic N) is 1. The predicted octanol–water partition coefficient (Wildman–Crippen LogP) is 3.58. The molecular weight excluding hydrogens is 146 g/mol. The molecule has 0 saturated heterocycles. The Labute approximate surface area is 75.9 Å². The minimum Gasteiger partial charge on any atom is -0.261 e. The van der Waals surface area contributed by atoms with E-state index in [1.165, 1.54) is 0 Å². The molecule has 0 bridgehead atoms. The first-order chi connectivity index (χ1) is 5.61. The summed E-state index contributed by atoms with van der Waals surface area (Å²) in [5.74, 6) is 0.490. The molecule has 0 aliphatic rings. The van der Waals surface area contributed by atoms with Crippen molar-refractivity contribution in [1.82, 2.24) is 0 Å². The van der Waals surface area contributed by atoms with Crippen molar-refractivity contribution < 1.29 is 0 Å². The minimum absolute atomic E-state index is 0.490. The monoisotopic (exact) mass is 165 g/mol. The van der Waals surface area contributed by atoms with Crippen LogP contribution in [0.1, 0.15) is 34.1 Å². The van der Waals surface area contributed by atoms with E-state index in [2.05, 4.69) is 32.3 Å². The van der Waals surface area contributed by atoms with Crippen LogP contribution in [0.2, 0.25) is 0 Å². The highest BCUT2D eigenvalue weighted by Gasteiger charge is 1.95. The Morgan fingerprint density at radius 3 is 2.42 bits per heavy atom. The third kappa shape index (κ3) is 4.12. The second-order valence-electron chi connectivity index (χ2n) is 3.12. The van der Waals surface area contributed by atoms with Gasteiger partial charge in [-0.05, 0) is 24.8 Å². The molecule has 0 amide bonds. The van der Waals surface area contributed by atoms with Crippen molar-refractivity contribution in [1.29, 1.82) is 0 Å². The molecule has 68 valence electrons. The van der Waals surface area contributed by atoms with Crippen LogP contribution in [-0.4, -0.2) is 6.21 Å². The van der Waals surface area contributed by atoms with Gasteiger partial charge in [-0.25, -0.2) is 0 Å². The number of hydrogen-bond acceptors (Lipinski definition) is 1. The highest BCUT2D eigenvalue weighted by atomic mass is 14.7. The molecule has 0 aromatic rings. The summed E-state index contributed by atoms with van der Waals surface area (Å²) in [4.78, 5) is 4.32. The van der Waals surface area contributed by atoms with E-state index >= 15 is 0 Å². The molecule has 0 atom stereocenters. The summed E-state index contributed by atoms with van der Waals surface area (Å²) in [5, 5.41) is 0. The first kappa shape index (κ1) is 11.2. The van der Waals surface area contributed by atoms with Crippen LogP contribution in [0.15, 0.2) is 28.9 Å². The van der Waals surface area contributed by atoms with Crippen LogP contribution < -0.4 is 0 Å². The van der Waals surface area contributed by atoms with E-state index in [1.54, 1.807) is 0 Å². The molecule has 12 heavy (non-hydrogen) atoms. The average Bonchev–Trinajstić information content (AvgIpc) is 2.05. The van der Waals surface area contributed by atoms with Gasteiger partial charge in [0.15, 0.2) is 0 Å². The normalized spacial score (nSPS) is 12.9. The molecule has 0 aromatic carbocycles. The van der Waals surface area contributed by atoms with Gasteiger partial charge in [0.05, 0.1) is 0 Å². The Morgan fingerprint density at radius 2 is 2.08 bits per heavy atom. The lowest BCUT2D eigenvalue weighted by atomic mass is 10.1. The van der Waals surface area contributed by atoms with Crippen LogP contribution in [-0.2, 0) is 0 Å². The van der Waals surface area contributed by atoms with Gasteiger partial charge in [0.2, 0.25) is 0 Å². The zero-order valence-electron chi connectivity index (χ0n) is 8.59. The zero-order chi connectivity index (χ0) is 9.56. The smallest absolute Gasteiger partial charge is 0.0358 e. The van der Waals surface area contributed by atoms with E-state index in [0.717, 1.165) is 17.7 Å². The van der Waals surface area contributed by atoms with Gasteiger partial charge in [-0.15, -0.1) is 0 Å². The maximum Gasteiger partial charge on any atom is 0.0358 e. The van der Waals surface area contributed by atoms with Crippen molar-refractivity contribution >= 4 is 6.21 Å². The fourth-order valence-electron chi connectivity index (χ4n) is 0.685. The first-order valence-corrected chi connectivity index (χ1v) is 4.49. The Hall–Kier alpha value is -0.850. The predicted molar refractivity (Wildman–Crippen MR) is 56.5 cm³/mol. The number of hydrogen-bond donors (Lipinski definition) is 0. The summed E-state index contributed by atoms with van der Waals surface area (Å²) < 4.78 is 0. The maximum absolute atomic E-state index is 4.32. The zero-order valence-corrected chi connectivity index (χ0v) is 8.59. The summed E-state index contributed by atoms with van der Waals surface area (Å²) in [6.45, 7) is 12.3. The highest BCUT2D eigenvalue weighted by Crippen LogP contribution is 2.06. The van der Waals surface area contributed by atoms with E-state index in [4.69, 9.17) is 0 Å². The van der Waals surface area contributed by atoms with Crippen LogP contribution in [0.3, 0.4) is 0 Å². The van der Waals surface area contributed by atoms with Crippen LogP contribution in [0.4, 0.5) is 0 Å². The average molecular weight is 165 g/mol. The SMILES string of the molecule is C=C(C=N/C(=C\C)CC)C(C)C. The lowest BCUT2D eigenvalue weighted by molar-refractivity contribution is 0.809. The fraction of sp³-hybridized carbons (Fsp3) is 0.545. The standard InChI is InChI=1S/C11H19N/c1-6-11(7-2)12-8-10(5)9(3)4/h6,8-9H,5,7H2,1-4H3/b11-6-,12-8?. The van der Waals surface area contributed by atoms with Gasteiger partial charge in [0.1, 0.15) is 0 Å². The van der Waals surface area contributed by atoms with Gasteiger partial charge in [-0.1, -0.05) is 33.4 Å². The van der Waals surface area contributed by atoms with Crippen LogP contribution >= 0.6 is 0 Å². The van der Waals surface area contributed by atoms with Gasteiger partial charge < -0.3 is 0 Å². The van der Waals surface area contributed by atoms with Crippen molar-refractivity contribution in [3.8, 4) is 0 Å². The van der Waals surface area contributed by atoms with Crippen LogP contribution in [0.5, 0.6) is 0 Å². The molecule has 0 aliphatic carbocycles. The highest BCUT2D eigenvalue weighted by molar-refractivity contribution is 5.78. The van der Waals surface area contributed by atoms with Gasteiger partial charge in [0, 0.05) is 11.9 Å². The van der Waals surface area contributed by atoms with Crippen molar-refractivity contribution in [3.05, 3.63) is 23.9 Å². The van der Waals surface area contributed by atoms with Crippen molar-refractivity contribution in [3.63, 3.8) is 0 Å². The summed E-state index contributed by atoms with van der Waals surface area (Å²) in [6.07, 6.45) is 4.88.